The van der Waals surface area contributed by atoms with E-state index in [-0.39, 0.29) is 0 Å². The molecule has 7 rings (SSSR count). The molecular weight excluding hydrogens is 591 g/mol. The minimum Gasteiger partial charge on any atom is -0.383 e. The Bertz CT molecular complexity index is 1650. The maximum absolute atomic E-state index is 14.0. The molecule has 3 fully saturated rings. The van der Waals surface area contributed by atoms with Crippen molar-refractivity contribution >= 4 is 11.8 Å². The number of halogens is 1. The zero-order valence-electron chi connectivity index (χ0n) is 25.8. The van der Waals surface area contributed by atoms with E-state index >= 15 is 0 Å². The molecule has 2 aliphatic heterocycles. The number of hydrogen-bond acceptors (Lipinski definition) is 9. The molecule has 0 spiro atoms. The van der Waals surface area contributed by atoms with Crippen molar-refractivity contribution in [3.63, 3.8) is 0 Å². The molecule has 2 bridgehead atoms. The normalized spacial score (nSPS) is 24.3. The number of pyridine rings is 1. The third kappa shape index (κ3) is 6.10. The third-order valence-corrected chi connectivity index (χ3v) is 9.16. The highest BCUT2D eigenvalue weighted by Crippen LogP contribution is 2.46. The van der Waals surface area contributed by atoms with Gasteiger partial charge < -0.3 is 14.8 Å². The van der Waals surface area contributed by atoms with Gasteiger partial charge in [-0.15, -0.1) is 0 Å². The van der Waals surface area contributed by atoms with E-state index in [0.717, 1.165) is 48.7 Å². The summed E-state index contributed by atoms with van der Waals surface area (Å²) in [4.78, 5) is 33.0. The van der Waals surface area contributed by atoms with E-state index in [0.29, 0.717) is 54.5 Å². The summed E-state index contributed by atoms with van der Waals surface area (Å²) in [6, 6.07) is 11.7. The number of para-hydroxylation sites is 1. The van der Waals surface area contributed by atoms with Crippen LogP contribution in [0.1, 0.15) is 41.8 Å². The van der Waals surface area contributed by atoms with Crippen LogP contribution in [0.25, 0.3) is 16.9 Å². The van der Waals surface area contributed by atoms with E-state index in [9.17, 15) is 9.18 Å². The van der Waals surface area contributed by atoms with E-state index in [1.54, 1.807) is 22.9 Å². The van der Waals surface area contributed by atoms with E-state index < -0.39 is 24.1 Å². The number of nitrogens with one attached hydrogen (secondary N) is 2. The van der Waals surface area contributed by atoms with Crippen molar-refractivity contribution in [1.82, 2.24) is 35.1 Å². The van der Waals surface area contributed by atoms with Crippen molar-refractivity contribution in [2.75, 3.05) is 45.3 Å². The highest BCUT2D eigenvalue weighted by Gasteiger charge is 2.42. The van der Waals surface area contributed by atoms with Crippen molar-refractivity contribution in [1.29, 1.82) is 0 Å². The van der Waals surface area contributed by atoms with Crippen LogP contribution in [0.15, 0.2) is 61.1 Å². The molecular formula is C33H37FN8O4. The molecule has 3 aliphatic rings. The number of methoxy groups -OCH3 is 1. The number of aromatic nitrogens is 5. The third-order valence-electron chi connectivity index (χ3n) is 9.16. The summed E-state index contributed by atoms with van der Waals surface area (Å²) in [5.74, 6) is 2.00. The summed E-state index contributed by atoms with van der Waals surface area (Å²) in [6.45, 7) is 4.75. The molecule has 5 atom stereocenters. The van der Waals surface area contributed by atoms with Crippen molar-refractivity contribution in [2.45, 2.75) is 37.8 Å². The number of ether oxygens (including phenoxy) is 2. The summed E-state index contributed by atoms with van der Waals surface area (Å²) in [5, 5.41) is 12.7. The van der Waals surface area contributed by atoms with Crippen LogP contribution >= 0.6 is 0 Å². The molecule has 46 heavy (non-hydrogen) atoms. The molecule has 3 aromatic heterocycles. The number of nitrogens with zero attached hydrogens (tertiary/aromatic N) is 6. The second kappa shape index (κ2) is 13.2. The fourth-order valence-electron chi connectivity index (χ4n) is 6.89. The van der Waals surface area contributed by atoms with Gasteiger partial charge in [-0.25, -0.2) is 24.4 Å². The lowest BCUT2D eigenvalue weighted by molar-refractivity contribution is -0.154. The predicted molar refractivity (Wildman–Crippen MR) is 167 cm³/mol. The minimum atomic E-state index is -0.619. The zero-order valence-corrected chi connectivity index (χ0v) is 25.8. The number of carbonyl (C=O) groups excluding carboxylic acids is 1. The number of carbonyl (C=O) groups is 1. The van der Waals surface area contributed by atoms with Gasteiger partial charge in [0.15, 0.2) is 0 Å². The first-order chi connectivity index (χ1) is 22.5. The number of urea groups is 1. The van der Waals surface area contributed by atoms with E-state index in [1.807, 2.05) is 49.6 Å². The Morgan fingerprint density at radius 3 is 2.57 bits per heavy atom. The largest absolute Gasteiger partial charge is 0.383 e. The summed E-state index contributed by atoms with van der Waals surface area (Å²) < 4.78 is 26.7. The van der Waals surface area contributed by atoms with Crippen LogP contribution in [0.2, 0.25) is 0 Å². The van der Waals surface area contributed by atoms with Crippen molar-refractivity contribution in [3.05, 3.63) is 84.0 Å². The van der Waals surface area contributed by atoms with E-state index in [4.69, 9.17) is 29.4 Å². The van der Waals surface area contributed by atoms with E-state index in [1.165, 1.54) is 12.3 Å². The number of amides is 2. The lowest BCUT2D eigenvalue weighted by Gasteiger charge is -2.28. The van der Waals surface area contributed by atoms with Crippen LogP contribution in [0.5, 0.6) is 0 Å². The fourth-order valence-corrected chi connectivity index (χ4v) is 6.89. The molecule has 240 valence electrons. The van der Waals surface area contributed by atoms with Gasteiger partial charge in [0.1, 0.15) is 23.4 Å². The van der Waals surface area contributed by atoms with Crippen LogP contribution in [0.3, 0.4) is 0 Å². The Morgan fingerprint density at radius 2 is 1.85 bits per heavy atom. The minimum absolute atomic E-state index is 0.323. The molecule has 13 heteroatoms. The average Bonchev–Trinajstić information content (AvgIpc) is 3.70. The van der Waals surface area contributed by atoms with Gasteiger partial charge in [0.25, 0.3) is 0 Å². The first-order valence-corrected chi connectivity index (χ1v) is 15.6. The van der Waals surface area contributed by atoms with Crippen molar-refractivity contribution in [2.24, 2.45) is 11.8 Å². The Morgan fingerprint density at radius 1 is 1.09 bits per heavy atom. The molecule has 2 saturated heterocycles. The molecule has 2 amide bonds. The first-order valence-electron chi connectivity index (χ1n) is 15.6. The Balaban J connectivity index is 1.14. The molecule has 12 nitrogen and oxygen atoms in total. The van der Waals surface area contributed by atoms with Gasteiger partial charge in [-0.05, 0) is 61.4 Å². The molecule has 4 aromatic rings. The van der Waals surface area contributed by atoms with Gasteiger partial charge in [0, 0.05) is 55.8 Å². The van der Waals surface area contributed by atoms with Crippen LogP contribution in [-0.2, 0) is 14.3 Å². The van der Waals surface area contributed by atoms with Crippen LogP contribution in [0.4, 0.5) is 15.0 Å². The predicted octanol–water partition coefficient (Wildman–Crippen LogP) is 4.44. The maximum Gasteiger partial charge on any atom is 0.320 e. The quantitative estimate of drug-likeness (QED) is 0.259. The van der Waals surface area contributed by atoms with Crippen molar-refractivity contribution < 1.29 is 23.5 Å². The number of anilines is 1. The van der Waals surface area contributed by atoms with Crippen LogP contribution < -0.4 is 10.6 Å². The second-order valence-corrected chi connectivity index (χ2v) is 12.1. The topological polar surface area (TPSA) is 129 Å². The summed E-state index contributed by atoms with van der Waals surface area (Å²) in [6.07, 6.45) is 6.73. The molecule has 1 aromatic carbocycles. The van der Waals surface area contributed by atoms with Gasteiger partial charge in [0.2, 0.25) is 5.95 Å². The first kappa shape index (κ1) is 30.4. The van der Waals surface area contributed by atoms with Crippen molar-refractivity contribution in [3.8, 4) is 16.9 Å². The van der Waals surface area contributed by atoms with Crippen LogP contribution in [0, 0.1) is 24.7 Å². The number of fused-ring (bicyclic) bond motifs is 2. The van der Waals surface area contributed by atoms with Gasteiger partial charge >= 0.3 is 6.03 Å². The molecule has 2 N–H and O–H groups in total. The van der Waals surface area contributed by atoms with Gasteiger partial charge in [-0.3, -0.25) is 10.2 Å². The zero-order chi connectivity index (χ0) is 31.6. The number of hydrogen-bond donors (Lipinski definition) is 2. The molecule has 0 radical (unpaired) electrons. The SMILES string of the molecule is COCCN1C[C@@H](NC(=O)Nc2c(C)c(-c3cnc(C4C5CC[C@@H]4COC5)nc3)nn2-c2ccccc2)[C@H](c2ccnc(F)c2)O1. The molecule has 5 heterocycles. The second-order valence-electron chi connectivity index (χ2n) is 12.1. The Kier molecular flexibility index (Phi) is 8.71. The monoisotopic (exact) mass is 628 g/mol. The standard InChI is InChI=1S/C33H37FN8O4/c1-20-29(24-15-36-31(37-16-24)28-22-8-9-23(28)19-45-18-22)40-42(25-6-4-3-5-7-25)32(20)39-33(43)38-26-17-41(12-13-44-2)46-30(26)21-10-11-35-27(34)14-21/h3-7,10-11,14-16,22-23,26,28,30H,8-9,12-13,17-19H2,1-2H3,(H2,38,39,43)/t22-,23?,26-,28?,30+/m1/s1. The Labute approximate surface area is 266 Å². The molecule has 2 unspecified atom stereocenters. The summed E-state index contributed by atoms with van der Waals surface area (Å²) in [5.41, 5.74) is 3.54. The summed E-state index contributed by atoms with van der Waals surface area (Å²) in [7, 11) is 1.61. The van der Waals surface area contributed by atoms with Gasteiger partial charge in [-0.2, -0.15) is 14.6 Å². The lowest BCUT2D eigenvalue weighted by Crippen LogP contribution is -2.42. The van der Waals surface area contributed by atoms with Crippen LogP contribution in [-0.4, -0.2) is 81.9 Å². The highest BCUT2D eigenvalue weighted by atomic mass is 19.1. The van der Waals surface area contributed by atoms with E-state index in [2.05, 4.69) is 15.6 Å². The highest BCUT2D eigenvalue weighted by molar-refractivity contribution is 5.91. The summed E-state index contributed by atoms with van der Waals surface area (Å²) >= 11 is 0. The number of hydroxylamine groups is 2. The van der Waals surface area contributed by atoms with Gasteiger partial charge in [0.05, 0.1) is 31.5 Å². The molecule has 1 aliphatic carbocycles. The lowest BCUT2D eigenvalue weighted by atomic mass is 9.87. The number of benzene rings is 1. The van der Waals surface area contributed by atoms with Gasteiger partial charge in [-0.1, -0.05) is 18.2 Å². The fraction of sp³-hybridized carbons (Fsp3) is 0.424. The number of rotatable bonds is 9. The smallest absolute Gasteiger partial charge is 0.320 e. The Hall–Kier alpha value is -4.30. The average molecular weight is 629 g/mol. The maximum atomic E-state index is 14.0. The molecule has 1 saturated carbocycles.